The van der Waals surface area contributed by atoms with Gasteiger partial charge in [0.15, 0.2) is 11.6 Å². The standard InChI is InChI=1S/C8H4F5NO2/c9-3-1-2(7(14)15)4(10)6(5(3)11)16-8(12)13/h1,8H,(H2,14,15)/p-1. The maximum Gasteiger partial charge on any atom is 0.387 e. The maximum absolute atomic E-state index is 13.1. The van der Waals surface area contributed by atoms with E-state index in [9.17, 15) is 27.1 Å². The summed E-state index contributed by atoms with van der Waals surface area (Å²) in [5, 5.41) is 17.0. The lowest BCUT2D eigenvalue weighted by molar-refractivity contribution is -0.214. The topological polar surface area (TPSA) is 56.1 Å². The predicted molar refractivity (Wildman–Crippen MR) is 39.8 cm³/mol. The van der Waals surface area contributed by atoms with E-state index in [0.717, 1.165) is 0 Å². The lowest BCUT2D eigenvalue weighted by atomic mass is 10.2. The van der Waals surface area contributed by atoms with Crippen LogP contribution in [0.5, 0.6) is 5.75 Å². The van der Waals surface area contributed by atoms with Crippen LogP contribution < -0.4 is 9.84 Å². The van der Waals surface area contributed by atoms with Gasteiger partial charge in [0, 0.05) is 5.56 Å². The minimum Gasteiger partial charge on any atom is -0.859 e. The quantitative estimate of drug-likeness (QED) is 0.375. The van der Waals surface area contributed by atoms with Crippen molar-refractivity contribution in [1.29, 1.82) is 5.41 Å². The number of alkyl halides is 2. The second kappa shape index (κ2) is 4.33. The van der Waals surface area contributed by atoms with Gasteiger partial charge >= 0.3 is 6.61 Å². The molecule has 88 valence electrons. The summed E-state index contributed by atoms with van der Waals surface area (Å²) in [7, 11) is 0. The molecule has 16 heavy (non-hydrogen) atoms. The third-order valence-corrected chi connectivity index (χ3v) is 1.57. The van der Waals surface area contributed by atoms with Gasteiger partial charge in [-0.05, 0) is 12.0 Å². The summed E-state index contributed by atoms with van der Waals surface area (Å²) in [6.45, 7) is -3.58. The molecular formula is C8H3F5NO2-. The number of ether oxygens (including phenoxy) is 1. The zero-order valence-electron chi connectivity index (χ0n) is 7.36. The van der Waals surface area contributed by atoms with Gasteiger partial charge in [0.05, 0.1) is 0 Å². The Hall–Kier alpha value is -1.86. The Balaban J connectivity index is 3.39. The molecule has 0 bridgehead atoms. The summed E-state index contributed by atoms with van der Waals surface area (Å²) in [5.41, 5.74) is -1.19. The summed E-state index contributed by atoms with van der Waals surface area (Å²) in [6.07, 6.45) is 0. The molecule has 0 aromatic heterocycles. The van der Waals surface area contributed by atoms with E-state index in [-0.39, 0.29) is 6.07 Å². The van der Waals surface area contributed by atoms with Gasteiger partial charge in [-0.15, -0.1) is 0 Å². The van der Waals surface area contributed by atoms with Gasteiger partial charge < -0.3 is 15.3 Å². The Labute approximate surface area is 85.6 Å². The number of halogens is 5. The molecular weight excluding hydrogens is 237 g/mol. The molecule has 0 aliphatic carbocycles. The molecule has 0 heterocycles. The first-order chi connectivity index (χ1) is 7.34. The Morgan fingerprint density at radius 2 is 1.81 bits per heavy atom. The van der Waals surface area contributed by atoms with Crippen LogP contribution in [0, 0.1) is 22.9 Å². The number of rotatable bonds is 3. The number of hydrogen-bond donors (Lipinski definition) is 1. The van der Waals surface area contributed by atoms with Crippen molar-refractivity contribution in [1.82, 2.24) is 0 Å². The van der Waals surface area contributed by atoms with Gasteiger partial charge in [-0.25, -0.2) is 8.78 Å². The Bertz CT molecular complexity index is 435. The van der Waals surface area contributed by atoms with E-state index in [1.54, 1.807) is 0 Å². The lowest BCUT2D eigenvalue weighted by Crippen LogP contribution is -2.20. The van der Waals surface area contributed by atoms with E-state index < -0.39 is 41.3 Å². The highest BCUT2D eigenvalue weighted by Gasteiger charge is 2.22. The van der Waals surface area contributed by atoms with E-state index >= 15 is 0 Å². The predicted octanol–water partition coefficient (Wildman–Crippen LogP) is 1.39. The van der Waals surface area contributed by atoms with Gasteiger partial charge in [-0.3, -0.25) is 0 Å². The van der Waals surface area contributed by atoms with Crippen LogP contribution in [-0.2, 0) is 0 Å². The van der Waals surface area contributed by atoms with Gasteiger partial charge in [-0.1, -0.05) is 0 Å². The lowest BCUT2D eigenvalue weighted by Gasteiger charge is -2.13. The maximum atomic E-state index is 13.1. The fourth-order valence-corrected chi connectivity index (χ4v) is 0.938. The molecule has 0 radical (unpaired) electrons. The molecule has 0 saturated heterocycles. The first-order valence-corrected chi connectivity index (χ1v) is 3.72. The Morgan fingerprint density at radius 1 is 1.25 bits per heavy atom. The molecule has 0 amide bonds. The highest BCUT2D eigenvalue weighted by atomic mass is 19.3. The number of hydrogen-bond acceptors (Lipinski definition) is 3. The summed E-state index contributed by atoms with van der Waals surface area (Å²) in [5.74, 6) is -8.98. The van der Waals surface area contributed by atoms with Crippen molar-refractivity contribution in [3.63, 3.8) is 0 Å². The van der Waals surface area contributed by atoms with E-state index in [1.807, 2.05) is 0 Å². The highest BCUT2D eigenvalue weighted by Crippen LogP contribution is 2.28. The van der Waals surface area contributed by atoms with Crippen molar-refractivity contribution in [3.8, 4) is 5.75 Å². The average molecular weight is 240 g/mol. The van der Waals surface area contributed by atoms with E-state index in [2.05, 4.69) is 4.74 Å². The van der Waals surface area contributed by atoms with Crippen LogP contribution in [0.25, 0.3) is 0 Å². The number of benzene rings is 1. The van der Waals surface area contributed by atoms with Crippen LogP contribution in [0.4, 0.5) is 22.0 Å². The van der Waals surface area contributed by atoms with Crippen LogP contribution in [0.15, 0.2) is 6.07 Å². The van der Waals surface area contributed by atoms with Gasteiger partial charge in [-0.2, -0.15) is 13.2 Å². The van der Waals surface area contributed by atoms with Gasteiger partial charge in [0.2, 0.25) is 11.6 Å². The minimum absolute atomic E-state index is 0.0956. The first kappa shape index (κ1) is 12.2. The average Bonchev–Trinajstić information content (AvgIpc) is 2.17. The molecule has 0 unspecified atom stereocenters. The molecule has 0 atom stereocenters. The molecule has 3 nitrogen and oxygen atoms in total. The molecule has 8 heteroatoms. The van der Waals surface area contributed by atoms with Crippen LogP contribution in [0.2, 0.25) is 0 Å². The molecule has 1 N–H and O–H groups in total. The van der Waals surface area contributed by atoms with E-state index in [0.29, 0.717) is 0 Å². The highest BCUT2D eigenvalue weighted by molar-refractivity contribution is 5.88. The third-order valence-electron chi connectivity index (χ3n) is 1.57. The van der Waals surface area contributed by atoms with Crippen LogP contribution in [0.1, 0.15) is 5.56 Å². The van der Waals surface area contributed by atoms with Gasteiger partial charge in [0.25, 0.3) is 0 Å². The molecule has 0 fully saturated rings. The Morgan fingerprint density at radius 3 is 2.25 bits per heavy atom. The monoisotopic (exact) mass is 240 g/mol. The fraction of sp³-hybridized carbons (Fsp3) is 0.125. The molecule has 0 saturated carbocycles. The van der Waals surface area contributed by atoms with Crippen LogP contribution in [-0.4, -0.2) is 12.5 Å². The van der Waals surface area contributed by atoms with E-state index in [1.165, 1.54) is 0 Å². The summed E-state index contributed by atoms with van der Waals surface area (Å²) in [4.78, 5) is 0. The summed E-state index contributed by atoms with van der Waals surface area (Å²) < 4.78 is 65.5. The largest absolute Gasteiger partial charge is 0.859 e. The summed E-state index contributed by atoms with van der Waals surface area (Å²) in [6, 6.07) is 0.0956. The van der Waals surface area contributed by atoms with E-state index in [4.69, 9.17) is 5.41 Å². The van der Waals surface area contributed by atoms with Crippen molar-refractivity contribution in [3.05, 3.63) is 29.1 Å². The van der Waals surface area contributed by atoms with Crippen molar-refractivity contribution in [2.24, 2.45) is 0 Å². The first-order valence-electron chi connectivity index (χ1n) is 3.72. The molecule has 1 aromatic carbocycles. The second-order valence-corrected chi connectivity index (χ2v) is 2.57. The van der Waals surface area contributed by atoms with Gasteiger partial charge in [0.1, 0.15) is 0 Å². The normalized spacial score (nSPS) is 10.6. The SMILES string of the molecule is N=C([O-])c1cc(F)c(F)c(OC(F)F)c1F. The van der Waals surface area contributed by atoms with Crippen LogP contribution >= 0.6 is 0 Å². The zero-order valence-corrected chi connectivity index (χ0v) is 7.36. The minimum atomic E-state index is -3.58. The number of nitrogens with one attached hydrogen (secondary N) is 1. The molecule has 0 aliphatic heterocycles. The third kappa shape index (κ3) is 2.20. The fourth-order valence-electron chi connectivity index (χ4n) is 0.938. The van der Waals surface area contributed by atoms with Crippen molar-refractivity contribution >= 4 is 5.90 Å². The Kier molecular flexibility index (Phi) is 3.31. The summed E-state index contributed by atoms with van der Waals surface area (Å²) >= 11 is 0. The smallest absolute Gasteiger partial charge is 0.387 e. The molecule has 0 spiro atoms. The molecule has 0 aliphatic rings. The molecule has 1 rings (SSSR count). The van der Waals surface area contributed by atoms with Crippen molar-refractivity contribution in [2.45, 2.75) is 6.61 Å². The second-order valence-electron chi connectivity index (χ2n) is 2.57. The molecule has 1 aromatic rings. The van der Waals surface area contributed by atoms with Crippen molar-refractivity contribution < 1.29 is 31.8 Å². The van der Waals surface area contributed by atoms with Crippen LogP contribution in [0.3, 0.4) is 0 Å². The zero-order chi connectivity index (χ0) is 12.5. The van der Waals surface area contributed by atoms with Crippen molar-refractivity contribution in [2.75, 3.05) is 0 Å².